The van der Waals surface area contributed by atoms with Gasteiger partial charge < -0.3 is 9.84 Å². The van der Waals surface area contributed by atoms with E-state index in [-0.39, 0.29) is 23.7 Å². The molecule has 0 atom stereocenters. The minimum absolute atomic E-state index is 0.162. The van der Waals surface area contributed by atoms with Crippen LogP contribution in [0.15, 0.2) is 60.7 Å². The fourth-order valence-electron chi connectivity index (χ4n) is 2.05. The van der Waals surface area contributed by atoms with E-state index in [0.29, 0.717) is 5.75 Å². The van der Waals surface area contributed by atoms with E-state index in [1.807, 2.05) is 18.2 Å². The van der Waals surface area contributed by atoms with Crippen LogP contribution in [-0.2, 0) is 9.59 Å². The molecule has 122 valence electrons. The summed E-state index contributed by atoms with van der Waals surface area (Å²) >= 11 is 0. The van der Waals surface area contributed by atoms with Crippen LogP contribution < -0.4 is 4.74 Å². The van der Waals surface area contributed by atoms with Gasteiger partial charge in [0.2, 0.25) is 0 Å². The topological polar surface area (TPSA) is 63.6 Å². The Hall–Kier alpha value is -3.14. The zero-order chi connectivity index (χ0) is 17.4. The van der Waals surface area contributed by atoms with Crippen molar-refractivity contribution in [2.24, 2.45) is 0 Å². The number of hydrogen-bond acceptors (Lipinski definition) is 4. The van der Waals surface area contributed by atoms with Gasteiger partial charge in [-0.15, -0.1) is 0 Å². The Balaban J connectivity index is 1.93. The third-order valence-corrected chi connectivity index (χ3v) is 3.29. The number of aromatic hydroxyl groups is 1. The lowest BCUT2D eigenvalue weighted by atomic mass is 10.1. The number of carbonyl (C=O) groups excluding carboxylic acids is 2. The number of hydrogen-bond donors (Lipinski definition) is 1. The molecule has 0 aliphatic heterocycles. The smallest absolute Gasteiger partial charge is 0.163 e. The maximum atomic E-state index is 11.9. The summed E-state index contributed by atoms with van der Waals surface area (Å²) in [4.78, 5) is 23.7. The van der Waals surface area contributed by atoms with Crippen LogP contribution >= 0.6 is 0 Å². The molecule has 0 unspecified atom stereocenters. The van der Waals surface area contributed by atoms with Crippen molar-refractivity contribution in [1.82, 2.24) is 0 Å². The van der Waals surface area contributed by atoms with Crippen molar-refractivity contribution >= 4 is 23.7 Å². The molecule has 0 saturated heterocycles. The maximum absolute atomic E-state index is 11.9. The summed E-state index contributed by atoms with van der Waals surface area (Å²) in [6, 6.07) is 13.8. The Morgan fingerprint density at radius 3 is 2.25 bits per heavy atom. The van der Waals surface area contributed by atoms with Crippen molar-refractivity contribution in [3.63, 3.8) is 0 Å². The van der Waals surface area contributed by atoms with Crippen molar-refractivity contribution in [2.75, 3.05) is 7.11 Å². The average Bonchev–Trinajstić information content (AvgIpc) is 2.59. The Kier molecular flexibility index (Phi) is 6.08. The number of ketones is 2. The number of benzene rings is 2. The first-order valence-electron chi connectivity index (χ1n) is 7.42. The molecule has 4 heteroatoms. The van der Waals surface area contributed by atoms with Crippen LogP contribution in [0, 0.1) is 0 Å². The largest absolute Gasteiger partial charge is 0.508 e. The van der Waals surface area contributed by atoms with Gasteiger partial charge in [0, 0.05) is 5.56 Å². The molecular weight excluding hydrogens is 304 g/mol. The average molecular weight is 322 g/mol. The van der Waals surface area contributed by atoms with E-state index in [4.69, 9.17) is 4.74 Å². The van der Waals surface area contributed by atoms with E-state index in [1.54, 1.807) is 37.5 Å². The predicted octanol–water partition coefficient (Wildman–Crippen LogP) is 3.66. The van der Waals surface area contributed by atoms with Gasteiger partial charge in [-0.05, 0) is 42.0 Å². The Bertz CT molecular complexity index is 770. The third-order valence-electron chi connectivity index (χ3n) is 3.29. The fraction of sp³-hybridized carbons (Fsp3) is 0.100. The van der Waals surface area contributed by atoms with Crippen LogP contribution in [0.25, 0.3) is 12.2 Å². The first-order valence-corrected chi connectivity index (χ1v) is 7.42. The van der Waals surface area contributed by atoms with Crippen LogP contribution in [0.2, 0.25) is 0 Å². The van der Waals surface area contributed by atoms with E-state index < -0.39 is 0 Å². The highest BCUT2D eigenvalue weighted by Gasteiger charge is 2.04. The van der Waals surface area contributed by atoms with Crippen LogP contribution in [0.1, 0.15) is 17.5 Å². The number of ether oxygens (including phenoxy) is 1. The Morgan fingerprint density at radius 2 is 1.58 bits per heavy atom. The number of allylic oxidation sites excluding steroid dienone is 2. The molecule has 24 heavy (non-hydrogen) atoms. The second-order valence-electron chi connectivity index (χ2n) is 5.11. The highest BCUT2D eigenvalue weighted by molar-refractivity contribution is 6.10. The maximum Gasteiger partial charge on any atom is 0.163 e. The van der Waals surface area contributed by atoms with Crippen molar-refractivity contribution in [3.05, 3.63) is 71.8 Å². The van der Waals surface area contributed by atoms with Crippen molar-refractivity contribution < 1.29 is 19.4 Å². The summed E-state index contributed by atoms with van der Waals surface area (Å²) in [6.07, 6.45) is 5.79. The summed E-state index contributed by atoms with van der Waals surface area (Å²) in [5.41, 5.74) is 1.55. The molecule has 0 radical (unpaired) electrons. The molecule has 4 nitrogen and oxygen atoms in total. The molecule has 1 N–H and O–H groups in total. The van der Waals surface area contributed by atoms with Gasteiger partial charge >= 0.3 is 0 Å². The Labute approximate surface area is 140 Å². The molecule has 0 aliphatic carbocycles. The van der Waals surface area contributed by atoms with E-state index >= 15 is 0 Å². The van der Waals surface area contributed by atoms with Crippen LogP contribution in [0.5, 0.6) is 11.5 Å². The number of phenols is 1. The highest BCUT2D eigenvalue weighted by atomic mass is 16.5. The van der Waals surface area contributed by atoms with Gasteiger partial charge in [0.05, 0.1) is 13.5 Å². The normalized spacial score (nSPS) is 11.0. The lowest BCUT2D eigenvalue weighted by molar-refractivity contribution is -0.121. The first kappa shape index (κ1) is 17.2. The standard InChI is InChI=1S/C20H18O4/c1-24-20-5-3-2-4-16(20)9-13-19(23)14-18(22)12-8-15-6-10-17(21)11-7-15/h2-13,21H,14H2,1H3/b12-8+,13-9+. The van der Waals surface area contributed by atoms with Gasteiger partial charge in [-0.3, -0.25) is 9.59 Å². The van der Waals surface area contributed by atoms with E-state index in [9.17, 15) is 14.7 Å². The van der Waals surface area contributed by atoms with Gasteiger partial charge in [0.1, 0.15) is 11.5 Å². The monoisotopic (exact) mass is 322 g/mol. The second-order valence-corrected chi connectivity index (χ2v) is 5.11. The fourth-order valence-corrected chi connectivity index (χ4v) is 2.05. The zero-order valence-electron chi connectivity index (χ0n) is 13.3. The van der Waals surface area contributed by atoms with Crippen LogP contribution in [-0.4, -0.2) is 23.8 Å². The van der Waals surface area contributed by atoms with E-state index in [2.05, 4.69) is 0 Å². The molecule has 0 heterocycles. The lowest BCUT2D eigenvalue weighted by Gasteiger charge is -2.02. The van der Waals surface area contributed by atoms with Gasteiger partial charge in [-0.25, -0.2) is 0 Å². The Morgan fingerprint density at radius 1 is 0.958 bits per heavy atom. The molecule has 0 fully saturated rings. The molecule has 0 spiro atoms. The van der Waals surface area contributed by atoms with Crippen LogP contribution in [0.3, 0.4) is 0 Å². The highest BCUT2D eigenvalue weighted by Crippen LogP contribution is 2.18. The number of phenolic OH excluding ortho intramolecular Hbond substituents is 1. The predicted molar refractivity (Wildman–Crippen MR) is 93.8 cm³/mol. The third kappa shape index (κ3) is 5.25. The zero-order valence-corrected chi connectivity index (χ0v) is 13.3. The van der Waals surface area contributed by atoms with Gasteiger partial charge in [0.25, 0.3) is 0 Å². The second kappa shape index (κ2) is 8.48. The minimum Gasteiger partial charge on any atom is -0.508 e. The van der Waals surface area contributed by atoms with Crippen LogP contribution in [0.4, 0.5) is 0 Å². The van der Waals surface area contributed by atoms with E-state index in [0.717, 1.165) is 11.1 Å². The van der Waals surface area contributed by atoms with Crippen molar-refractivity contribution in [1.29, 1.82) is 0 Å². The SMILES string of the molecule is COc1ccccc1/C=C/C(=O)CC(=O)/C=C/c1ccc(O)cc1. The molecule has 2 rings (SSSR count). The summed E-state index contributed by atoms with van der Waals surface area (Å²) < 4.78 is 5.20. The number of methoxy groups -OCH3 is 1. The number of carbonyl (C=O) groups is 2. The van der Waals surface area contributed by atoms with Gasteiger partial charge in [-0.1, -0.05) is 36.4 Å². The molecule has 2 aromatic carbocycles. The minimum atomic E-state index is -0.280. The molecule has 0 saturated carbocycles. The molecule has 0 aromatic heterocycles. The molecule has 0 bridgehead atoms. The number of rotatable bonds is 7. The lowest BCUT2D eigenvalue weighted by Crippen LogP contribution is -2.02. The molecular formula is C20H18O4. The van der Waals surface area contributed by atoms with Gasteiger partial charge in [0.15, 0.2) is 11.6 Å². The quantitative estimate of drug-likeness (QED) is 0.624. The van der Waals surface area contributed by atoms with Crippen molar-refractivity contribution in [3.8, 4) is 11.5 Å². The summed E-state index contributed by atoms with van der Waals surface area (Å²) in [5, 5.41) is 9.19. The molecule has 0 aliphatic rings. The molecule has 2 aromatic rings. The summed E-state index contributed by atoms with van der Waals surface area (Å²) in [7, 11) is 1.56. The summed E-state index contributed by atoms with van der Waals surface area (Å²) in [6.45, 7) is 0. The van der Waals surface area contributed by atoms with Crippen molar-refractivity contribution in [2.45, 2.75) is 6.42 Å². The first-order chi connectivity index (χ1) is 11.6. The van der Waals surface area contributed by atoms with E-state index in [1.165, 1.54) is 24.3 Å². The molecule has 0 amide bonds. The number of para-hydroxylation sites is 1. The summed E-state index contributed by atoms with van der Waals surface area (Å²) in [5.74, 6) is 0.272. The van der Waals surface area contributed by atoms with Gasteiger partial charge in [-0.2, -0.15) is 0 Å².